The highest BCUT2D eigenvalue weighted by atomic mass is 16.7. The number of nitrogens with zero attached hydrogens (tertiary/aromatic N) is 1. The van der Waals surface area contributed by atoms with Gasteiger partial charge in [0.15, 0.2) is 12.4 Å². The predicted molar refractivity (Wildman–Crippen MR) is 343 cm³/mol. The van der Waals surface area contributed by atoms with E-state index in [4.69, 9.17) is 18.9 Å². The van der Waals surface area contributed by atoms with Gasteiger partial charge in [-0.05, 0) is 109 Å². The average Bonchev–Trinajstić information content (AvgIpc) is 3.44. The van der Waals surface area contributed by atoms with Crippen LogP contribution in [0.4, 0.5) is 0 Å². The Morgan fingerprint density at radius 2 is 0.704 bits per heavy atom. The van der Waals surface area contributed by atoms with E-state index < -0.39 is 24.3 Å². The highest BCUT2D eigenvalue weighted by Crippen LogP contribution is 2.16. The van der Waals surface area contributed by atoms with E-state index in [1.807, 2.05) is 21.1 Å². The molecule has 0 saturated heterocycles. The van der Waals surface area contributed by atoms with E-state index in [2.05, 4.69) is 135 Å². The van der Waals surface area contributed by atoms with Crippen LogP contribution in [-0.4, -0.2) is 82.3 Å². The summed E-state index contributed by atoms with van der Waals surface area (Å²) in [5.41, 5.74) is 0. The summed E-state index contributed by atoms with van der Waals surface area (Å²) in [4.78, 5) is 37.4. The van der Waals surface area contributed by atoms with Gasteiger partial charge in [-0.15, -0.1) is 0 Å². The van der Waals surface area contributed by atoms with Gasteiger partial charge in [0.25, 0.3) is 0 Å². The largest absolute Gasteiger partial charge is 0.545 e. The van der Waals surface area contributed by atoms with Gasteiger partial charge in [0.1, 0.15) is 13.2 Å². The number of esters is 2. The predicted octanol–water partition coefficient (Wildman–Crippen LogP) is 18.7. The molecule has 0 heterocycles. The SMILES string of the molecule is CC/C=C\C/C=C\C/C=C\C/C=C\C/C=C\C/C=C\C/C=C\C/C=C\CCCCCCC(=O)OC(COC(=O)CCCCCCCCCCCCCCCCC/C=C\C/C=C\CCCCCCC)COC(OCC[N+](C)(C)C)C(=O)[O-]. The van der Waals surface area contributed by atoms with Gasteiger partial charge in [-0.25, -0.2) is 0 Å². The van der Waals surface area contributed by atoms with Crippen LogP contribution in [0.1, 0.15) is 258 Å². The van der Waals surface area contributed by atoms with Crippen LogP contribution >= 0.6 is 0 Å². The standard InChI is InChI=1S/C72H121NO8/c1-6-8-10-12-14-16-18-20-22-24-26-28-30-32-34-35-37-39-41-43-45-47-49-51-53-55-57-59-61-63-70(75)81-68(67-80-72(71(76)77)78-65-64-73(3,4)5)66-79-69(74)62-60-58-56-54-52-50-48-46-44-42-40-38-36-33-31-29-27-25-23-21-19-17-15-13-11-9-7-2/h8,10,14,16,19-22,25-28,32,34,37,39,43,45,49,51,68,72H,6-7,9,11-13,15,17-18,23-24,29-31,33,35-36,38,40-42,44,46-48,50,52-67H2,1-5H3/b10-8-,16-14-,21-19-,22-20-,27-25-,28-26-,34-32-,39-37-,45-43-,51-49-. The lowest BCUT2D eigenvalue weighted by Crippen LogP contribution is -2.44. The molecule has 0 aromatic heterocycles. The molecule has 0 rings (SSSR count). The van der Waals surface area contributed by atoms with Crippen LogP contribution in [0.3, 0.4) is 0 Å². The van der Waals surface area contributed by atoms with Gasteiger partial charge in [0.2, 0.25) is 0 Å². The molecule has 0 amide bonds. The number of hydrogen-bond acceptors (Lipinski definition) is 8. The molecule has 0 aliphatic rings. The first-order valence-electron chi connectivity index (χ1n) is 32.7. The average molecular weight is 1130 g/mol. The maximum absolute atomic E-state index is 12.9. The molecule has 0 bridgehead atoms. The summed E-state index contributed by atoms with van der Waals surface area (Å²) in [6.07, 6.45) is 84.0. The van der Waals surface area contributed by atoms with Crippen LogP contribution in [0.5, 0.6) is 0 Å². The smallest absolute Gasteiger partial charge is 0.306 e. The lowest BCUT2D eigenvalue weighted by molar-refractivity contribution is -0.870. The molecule has 0 spiro atoms. The second-order valence-electron chi connectivity index (χ2n) is 22.7. The zero-order valence-corrected chi connectivity index (χ0v) is 52.6. The van der Waals surface area contributed by atoms with Crippen LogP contribution in [0.2, 0.25) is 0 Å². The van der Waals surface area contributed by atoms with Crippen LogP contribution < -0.4 is 5.11 Å². The molecule has 81 heavy (non-hydrogen) atoms. The second-order valence-corrected chi connectivity index (χ2v) is 22.7. The van der Waals surface area contributed by atoms with Crippen molar-refractivity contribution < 1.29 is 42.9 Å². The first-order valence-corrected chi connectivity index (χ1v) is 32.7. The fourth-order valence-corrected chi connectivity index (χ4v) is 8.70. The van der Waals surface area contributed by atoms with Crippen molar-refractivity contribution in [1.82, 2.24) is 0 Å². The van der Waals surface area contributed by atoms with Crippen LogP contribution in [0.15, 0.2) is 122 Å². The molecular weight excluding hydrogens is 1010 g/mol. The number of likely N-dealkylation sites (N-methyl/N-ethyl adjacent to an activating group) is 1. The van der Waals surface area contributed by atoms with Crippen molar-refractivity contribution in [1.29, 1.82) is 0 Å². The summed E-state index contributed by atoms with van der Waals surface area (Å²) in [5, 5.41) is 11.8. The van der Waals surface area contributed by atoms with Crippen molar-refractivity contribution in [2.24, 2.45) is 0 Å². The van der Waals surface area contributed by atoms with E-state index in [-0.39, 0.29) is 38.6 Å². The van der Waals surface area contributed by atoms with Gasteiger partial charge in [-0.2, -0.15) is 0 Å². The Labute approximate surface area is 497 Å². The molecule has 9 heteroatoms. The first kappa shape index (κ1) is 76.7. The van der Waals surface area contributed by atoms with Crippen molar-refractivity contribution in [2.45, 2.75) is 270 Å². The number of rotatable bonds is 59. The van der Waals surface area contributed by atoms with Gasteiger partial charge < -0.3 is 33.3 Å². The van der Waals surface area contributed by atoms with E-state index in [1.54, 1.807) is 0 Å². The van der Waals surface area contributed by atoms with E-state index in [0.717, 1.165) is 103 Å². The molecule has 462 valence electrons. The number of ether oxygens (including phenoxy) is 4. The van der Waals surface area contributed by atoms with Gasteiger partial charge in [-0.1, -0.05) is 257 Å². The Kier molecular flexibility index (Phi) is 58.5. The molecule has 0 aliphatic carbocycles. The minimum absolute atomic E-state index is 0.136. The maximum Gasteiger partial charge on any atom is 0.306 e. The van der Waals surface area contributed by atoms with Crippen molar-refractivity contribution in [3.05, 3.63) is 122 Å². The Morgan fingerprint density at radius 1 is 0.383 bits per heavy atom. The minimum Gasteiger partial charge on any atom is -0.545 e. The zero-order valence-electron chi connectivity index (χ0n) is 52.6. The number of allylic oxidation sites excluding steroid dienone is 20. The Hall–Kier alpha value is -4.31. The number of carboxylic acid groups (broad SMARTS) is 1. The highest BCUT2D eigenvalue weighted by molar-refractivity contribution is 5.70. The van der Waals surface area contributed by atoms with E-state index in [9.17, 15) is 19.5 Å². The molecular formula is C72H121NO8. The third-order valence-corrected chi connectivity index (χ3v) is 13.7. The van der Waals surface area contributed by atoms with E-state index in [0.29, 0.717) is 17.4 Å². The normalized spacial score (nSPS) is 13.5. The summed E-state index contributed by atoms with van der Waals surface area (Å²) < 4.78 is 22.7. The van der Waals surface area contributed by atoms with Crippen LogP contribution in [-0.2, 0) is 33.3 Å². The summed E-state index contributed by atoms with van der Waals surface area (Å²) in [5.74, 6) is -2.32. The molecule has 0 aromatic carbocycles. The molecule has 0 radical (unpaired) electrons. The van der Waals surface area contributed by atoms with Crippen molar-refractivity contribution in [2.75, 3.05) is 47.5 Å². The van der Waals surface area contributed by atoms with Gasteiger partial charge >= 0.3 is 11.9 Å². The molecule has 0 fully saturated rings. The third kappa shape index (κ3) is 63.1. The van der Waals surface area contributed by atoms with Gasteiger partial charge in [0.05, 0.1) is 40.3 Å². The molecule has 9 nitrogen and oxygen atoms in total. The quantitative estimate of drug-likeness (QED) is 0.0195. The third-order valence-electron chi connectivity index (χ3n) is 13.7. The number of unbranched alkanes of at least 4 members (excludes halogenated alkanes) is 24. The molecule has 0 N–H and O–H groups in total. The van der Waals surface area contributed by atoms with Crippen molar-refractivity contribution in [3.8, 4) is 0 Å². The van der Waals surface area contributed by atoms with E-state index in [1.165, 1.54) is 122 Å². The Balaban J connectivity index is 4.26. The monoisotopic (exact) mass is 1130 g/mol. The Morgan fingerprint density at radius 3 is 1.05 bits per heavy atom. The molecule has 0 aromatic rings. The molecule has 0 saturated carbocycles. The lowest BCUT2D eigenvalue weighted by Gasteiger charge is -2.26. The fourth-order valence-electron chi connectivity index (χ4n) is 8.70. The number of carboxylic acids is 1. The minimum atomic E-state index is -1.64. The van der Waals surface area contributed by atoms with Crippen molar-refractivity contribution in [3.63, 3.8) is 0 Å². The summed E-state index contributed by atoms with van der Waals surface area (Å²) in [7, 11) is 5.91. The van der Waals surface area contributed by atoms with Gasteiger partial charge in [0, 0.05) is 12.8 Å². The lowest BCUT2D eigenvalue weighted by atomic mass is 10.0. The first-order chi connectivity index (χ1) is 39.6. The molecule has 2 unspecified atom stereocenters. The Bertz CT molecular complexity index is 1740. The van der Waals surface area contributed by atoms with E-state index >= 15 is 0 Å². The summed E-state index contributed by atoms with van der Waals surface area (Å²) in [6.45, 7) is 4.60. The van der Waals surface area contributed by atoms with Crippen LogP contribution in [0, 0.1) is 0 Å². The number of carbonyl (C=O) groups is 3. The van der Waals surface area contributed by atoms with Crippen LogP contribution in [0.25, 0.3) is 0 Å². The second kappa shape index (κ2) is 61.8. The summed E-state index contributed by atoms with van der Waals surface area (Å²) >= 11 is 0. The highest BCUT2D eigenvalue weighted by Gasteiger charge is 2.22. The molecule has 0 aliphatic heterocycles. The number of quaternary nitrogens is 1. The molecule has 2 atom stereocenters. The van der Waals surface area contributed by atoms with Gasteiger partial charge in [-0.3, -0.25) is 9.59 Å². The fraction of sp³-hybridized carbons (Fsp3) is 0.681. The number of carbonyl (C=O) groups excluding carboxylic acids is 3. The van der Waals surface area contributed by atoms with Crippen molar-refractivity contribution >= 4 is 17.9 Å². The summed E-state index contributed by atoms with van der Waals surface area (Å²) in [6, 6.07) is 0. The number of hydrogen-bond donors (Lipinski definition) is 0. The number of aliphatic carboxylic acids is 1. The topological polar surface area (TPSA) is 111 Å². The maximum atomic E-state index is 12.9. The zero-order chi connectivity index (χ0) is 59.1.